The molecule has 0 aromatic carbocycles. The molecule has 1 amide bonds. The van der Waals surface area contributed by atoms with E-state index in [0.717, 1.165) is 6.92 Å². The lowest BCUT2D eigenvalue weighted by Crippen LogP contribution is -2.50. The van der Waals surface area contributed by atoms with E-state index in [9.17, 15) is 22.4 Å². The molecule has 182 valence electrons. The van der Waals surface area contributed by atoms with E-state index in [1.807, 2.05) is 0 Å². The summed E-state index contributed by atoms with van der Waals surface area (Å²) < 4.78 is 60.4. The molecule has 1 atom stereocenters. The van der Waals surface area contributed by atoms with Crippen LogP contribution in [0.4, 0.5) is 17.6 Å². The molecule has 3 heterocycles. The number of hydrogen-bond donors (Lipinski definition) is 2. The predicted octanol–water partition coefficient (Wildman–Crippen LogP) is 2.77. The van der Waals surface area contributed by atoms with Crippen LogP contribution in [0.15, 0.2) is 12.4 Å². The number of ether oxygens (including phenoxy) is 1. The Hall–Kier alpha value is -2.34. The van der Waals surface area contributed by atoms with Gasteiger partial charge >= 0.3 is 0 Å². The van der Waals surface area contributed by atoms with E-state index in [1.54, 1.807) is 6.20 Å². The fourth-order valence-corrected chi connectivity index (χ4v) is 4.57. The first-order valence-corrected chi connectivity index (χ1v) is 11.1. The van der Waals surface area contributed by atoms with Crippen molar-refractivity contribution in [2.45, 2.75) is 68.8 Å². The maximum Gasteiger partial charge on any atom is 0.262 e. The van der Waals surface area contributed by atoms with Crippen LogP contribution in [0.5, 0.6) is 0 Å². The summed E-state index contributed by atoms with van der Waals surface area (Å²) in [6.45, 7) is 0.505. The molecule has 1 saturated heterocycles. The molecule has 0 unspecified atom stereocenters. The molecule has 0 bridgehead atoms. The second-order valence-corrected chi connectivity index (χ2v) is 9.22. The Kier molecular flexibility index (Phi) is 6.34. The molecule has 2 aromatic rings. The summed E-state index contributed by atoms with van der Waals surface area (Å²) in [6.07, 6.45) is 3.79. The zero-order valence-electron chi connectivity index (χ0n) is 18.4. The number of carbonyl (C=O) groups excluding carboxylic acids is 1. The smallest absolute Gasteiger partial charge is 0.262 e. The Morgan fingerprint density at radius 3 is 2.58 bits per heavy atom. The third-order valence-corrected chi connectivity index (χ3v) is 6.66. The molecule has 2 aliphatic rings. The van der Waals surface area contributed by atoms with Gasteiger partial charge < -0.3 is 15.8 Å². The van der Waals surface area contributed by atoms with Gasteiger partial charge in [0.15, 0.2) is 0 Å². The maximum atomic E-state index is 13.5. The highest BCUT2D eigenvalue weighted by Gasteiger charge is 2.44. The Labute approximate surface area is 188 Å². The van der Waals surface area contributed by atoms with Gasteiger partial charge in [0.1, 0.15) is 0 Å². The molecule has 2 aromatic heterocycles. The highest BCUT2D eigenvalue weighted by Crippen LogP contribution is 2.40. The average molecular weight is 472 g/mol. The van der Waals surface area contributed by atoms with Crippen molar-refractivity contribution in [1.29, 1.82) is 0 Å². The minimum Gasteiger partial charge on any atom is -0.381 e. The number of nitrogens with one attached hydrogen (secondary N) is 1. The fraction of sp³-hybridized carbons (Fsp3) is 0.714. The van der Waals surface area contributed by atoms with Gasteiger partial charge in [0.25, 0.3) is 11.7 Å². The van der Waals surface area contributed by atoms with E-state index < -0.39 is 35.8 Å². The molecule has 2 fully saturated rings. The average Bonchev–Trinajstić information content (AvgIpc) is 3.20. The van der Waals surface area contributed by atoms with Crippen molar-refractivity contribution < 1.29 is 27.1 Å². The lowest BCUT2D eigenvalue weighted by atomic mass is 9.76. The first-order chi connectivity index (χ1) is 15.5. The molecular weight excluding hydrogens is 444 g/mol. The number of rotatable bonds is 6. The van der Waals surface area contributed by atoms with E-state index >= 15 is 0 Å². The van der Waals surface area contributed by atoms with Crippen LogP contribution >= 0.6 is 0 Å². The second kappa shape index (κ2) is 8.79. The van der Waals surface area contributed by atoms with Crippen LogP contribution in [-0.2, 0) is 14.9 Å². The molecule has 3 N–H and O–H groups in total. The zero-order valence-corrected chi connectivity index (χ0v) is 18.4. The number of fused-ring (bicyclic) bond motifs is 1. The number of halogens is 4. The predicted molar refractivity (Wildman–Crippen MR) is 110 cm³/mol. The molecule has 8 nitrogen and oxygen atoms in total. The summed E-state index contributed by atoms with van der Waals surface area (Å²) in [6, 6.07) is -0.542. The maximum absolute atomic E-state index is 13.5. The Morgan fingerprint density at radius 2 is 1.94 bits per heavy atom. The first kappa shape index (κ1) is 23.8. The van der Waals surface area contributed by atoms with Gasteiger partial charge in [0.05, 0.1) is 41.8 Å². The van der Waals surface area contributed by atoms with Gasteiger partial charge in [0.2, 0.25) is 11.8 Å². The zero-order chi connectivity index (χ0) is 23.9. The molecule has 1 aliphatic carbocycles. The molecule has 0 spiro atoms. The number of aromatic nitrogens is 4. The summed E-state index contributed by atoms with van der Waals surface area (Å²) >= 11 is 0. The molecule has 12 heteroatoms. The normalized spacial score (nSPS) is 22.2. The summed E-state index contributed by atoms with van der Waals surface area (Å²) in [4.78, 5) is 22.0. The lowest BCUT2D eigenvalue weighted by molar-refractivity contribution is -0.132. The van der Waals surface area contributed by atoms with Gasteiger partial charge in [0, 0.05) is 33.0 Å². The number of carbonyl (C=O) groups is 1. The fourth-order valence-electron chi connectivity index (χ4n) is 4.57. The van der Waals surface area contributed by atoms with Crippen molar-refractivity contribution in [1.82, 2.24) is 24.9 Å². The summed E-state index contributed by atoms with van der Waals surface area (Å²) in [5.74, 6) is -6.17. The van der Waals surface area contributed by atoms with E-state index in [-0.39, 0.29) is 50.6 Å². The van der Waals surface area contributed by atoms with Crippen LogP contribution in [0.1, 0.15) is 62.9 Å². The van der Waals surface area contributed by atoms with Crippen molar-refractivity contribution in [3.05, 3.63) is 23.8 Å². The van der Waals surface area contributed by atoms with Gasteiger partial charge in [-0.2, -0.15) is 5.10 Å². The van der Waals surface area contributed by atoms with Crippen LogP contribution in [0.25, 0.3) is 5.78 Å². The molecule has 0 radical (unpaired) electrons. The van der Waals surface area contributed by atoms with Gasteiger partial charge in [-0.3, -0.25) is 4.79 Å². The second-order valence-electron chi connectivity index (χ2n) is 9.22. The lowest BCUT2D eigenvalue weighted by Gasteiger charge is -2.35. The molecule has 1 aliphatic heterocycles. The number of imidazole rings is 1. The summed E-state index contributed by atoms with van der Waals surface area (Å²) in [5.41, 5.74) is 5.97. The minimum absolute atomic E-state index is 0.127. The van der Waals surface area contributed by atoms with Gasteiger partial charge in [-0.05, 0) is 31.6 Å². The Bertz CT molecular complexity index is 992. The number of nitrogens with zero attached hydrogens (tertiary/aromatic N) is 4. The number of hydrogen-bond acceptors (Lipinski definition) is 6. The summed E-state index contributed by atoms with van der Waals surface area (Å²) in [7, 11) is 0. The molecule has 1 saturated carbocycles. The topological polar surface area (TPSA) is 107 Å². The van der Waals surface area contributed by atoms with Crippen LogP contribution < -0.4 is 11.1 Å². The van der Waals surface area contributed by atoms with Crippen molar-refractivity contribution >= 4 is 11.7 Å². The third kappa shape index (κ3) is 5.11. The molecule has 33 heavy (non-hydrogen) atoms. The van der Waals surface area contributed by atoms with Crippen LogP contribution in [0.2, 0.25) is 0 Å². The standard InChI is InChI=1S/C21H28F4N6O2/c1-19(22,23)12-27-17(32)20(6-8-33-9-7-20)15-10-28-31-11-14(29-18(31)30-15)16(26)13-2-4-21(24,25)5-3-13/h10-11,13,16H,2-9,12,26H2,1H3,(H,27,32)/t16-/m0/s1. The molecule has 4 rings (SSSR count). The highest BCUT2D eigenvalue weighted by atomic mass is 19.3. The third-order valence-electron chi connectivity index (χ3n) is 6.66. The SMILES string of the molecule is CC(F)(F)CNC(=O)C1(c2cnn3cc([C@@H](N)C4CCC(F)(F)CC4)nc3n2)CCOCC1. The number of alkyl halides is 4. The Balaban J connectivity index is 1.59. The Morgan fingerprint density at radius 1 is 1.27 bits per heavy atom. The van der Waals surface area contributed by atoms with Crippen molar-refractivity contribution in [2.24, 2.45) is 11.7 Å². The first-order valence-electron chi connectivity index (χ1n) is 11.1. The van der Waals surface area contributed by atoms with Crippen LogP contribution in [0.3, 0.4) is 0 Å². The monoisotopic (exact) mass is 472 g/mol. The number of amides is 1. The van der Waals surface area contributed by atoms with Crippen molar-refractivity contribution in [3.63, 3.8) is 0 Å². The molecular formula is C21H28F4N6O2. The van der Waals surface area contributed by atoms with Crippen molar-refractivity contribution in [2.75, 3.05) is 19.8 Å². The minimum atomic E-state index is -3.05. The van der Waals surface area contributed by atoms with E-state index in [4.69, 9.17) is 10.5 Å². The van der Waals surface area contributed by atoms with Crippen LogP contribution in [-0.4, -0.2) is 57.1 Å². The highest BCUT2D eigenvalue weighted by molar-refractivity contribution is 5.88. The van der Waals surface area contributed by atoms with Crippen LogP contribution in [0, 0.1) is 5.92 Å². The van der Waals surface area contributed by atoms with Crippen molar-refractivity contribution in [3.8, 4) is 0 Å². The van der Waals surface area contributed by atoms with Gasteiger partial charge in [-0.25, -0.2) is 32.0 Å². The van der Waals surface area contributed by atoms with E-state index in [0.29, 0.717) is 24.2 Å². The quantitative estimate of drug-likeness (QED) is 0.626. The summed E-state index contributed by atoms with van der Waals surface area (Å²) in [5, 5.41) is 6.64. The van der Waals surface area contributed by atoms with Gasteiger partial charge in [-0.1, -0.05) is 0 Å². The largest absolute Gasteiger partial charge is 0.381 e. The number of nitrogens with two attached hydrogens (primary N) is 1. The van der Waals surface area contributed by atoms with E-state index in [1.165, 1.54) is 10.7 Å². The van der Waals surface area contributed by atoms with E-state index in [2.05, 4.69) is 20.4 Å². The van der Waals surface area contributed by atoms with Gasteiger partial charge in [-0.15, -0.1) is 0 Å².